The number of nitrogens with one attached hydrogen (secondary N) is 2. The van der Waals surface area contributed by atoms with Crippen LogP contribution in [-0.4, -0.2) is 67.8 Å². The first-order valence-electron chi connectivity index (χ1n) is 9.36. The summed E-state index contributed by atoms with van der Waals surface area (Å²) in [6.45, 7) is 8.43. The molecule has 1 aromatic heterocycles. The first kappa shape index (κ1) is 19.0. The lowest BCUT2D eigenvalue weighted by molar-refractivity contribution is 0.0186. The lowest BCUT2D eigenvalue weighted by Gasteiger charge is -2.33. The van der Waals surface area contributed by atoms with E-state index in [0.717, 1.165) is 57.1 Å². The van der Waals surface area contributed by atoms with E-state index in [9.17, 15) is 0 Å². The molecule has 2 saturated heterocycles. The first-order valence-corrected chi connectivity index (χ1v) is 11.3. The molecule has 140 valence electrons. The lowest BCUT2D eigenvalue weighted by atomic mass is 10.2. The molecule has 2 fully saturated rings. The Kier molecular flexibility index (Phi) is 7.91. The number of nitrogens with zero attached hydrogens (tertiary/aromatic N) is 2. The number of thiophene rings is 1. The SMILES string of the molecule is CCNC(=NCC(c1cccs1)N1CCOCC1)NCC1CCCS1. The molecule has 5 nitrogen and oxygen atoms in total. The van der Waals surface area contributed by atoms with Crippen LogP contribution >= 0.6 is 23.1 Å². The number of ether oxygens (including phenoxy) is 1. The van der Waals surface area contributed by atoms with Crippen molar-refractivity contribution in [2.75, 3.05) is 51.7 Å². The molecule has 0 spiro atoms. The number of hydrogen-bond donors (Lipinski definition) is 2. The van der Waals surface area contributed by atoms with Crippen LogP contribution in [0, 0.1) is 0 Å². The Balaban J connectivity index is 1.61. The largest absolute Gasteiger partial charge is 0.379 e. The standard InChI is InChI=1S/C18H30N4OS2/c1-2-19-18(20-13-15-5-3-11-24-15)21-14-16(17-6-4-12-25-17)22-7-9-23-10-8-22/h4,6,12,15-16H,2-3,5,7-11,13-14H2,1H3,(H2,19,20,21). The third-order valence-corrected chi connectivity index (χ3v) is 7.02. The van der Waals surface area contributed by atoms with Gasteiger partial charge in [-0.1, -0.05) is 6.07 Å². The molecule has 3 heterocycles. The van der Waals surface area contributed by atoms with Crippen LogP contribution in [0.15, 0.2) is 22.5 Å². The molecule has 2 aliphatic rings. The Hall–Kier alpha value is -0.760. The van der Waals surface area contributed by atoms with Crippen molar-refractivity contribution in [1.82, 2.24) is 15.5 Å². The van der Waals surface area contributed by atoms with E-state index in [1.807, 2.05) is 11.3 Å². The molecule has 0 aromatic carbocycles. The summed E-state index contributed by atoms with van der Waals surface area (Å²) in [4.78, 5) is 8.82. The molecule has 2 N–H and O–H groups in total. The number of morpholine rings is 1. The van der Waals surface area contributed by atoms with Gasteiger partial charge in [0.2, 0.25) is 0 Å². The second kappa shape index (κ2) is 10.4. The van der Waals surface area contributed by atoms with Crippen LogP contribution < -0.4 is 10.6 Å². The molecule has 1 aromatic rings. The van der Waals surface area contributed by atoms with Gasteiger partial charge in [0.05, 0.1) is 25.8 Å². The fraction of sp³-hybridized carbons (Fsp3) is 0.722. The smallest absolute Gasteiger partial charge is 0.191 e. The fourth-order valence-electron chi connectivity index (χ4n) is 3.29. The maximum Gasteiger partial charge on any atom is 0.191 e. The quantitative estimate of drug-likeness (QED) is 0.561. The molecule has 0 amide bonds. The summed E-state index contributed by atoms with van der Waals surface area (Å²) in [6.07, 6.45) is 2.67. The van der Waals surface area contributed by atoms with E-state index >= 15 is 0 Å². The van der Waals surface area contributed by atoms with Crippen molar-refractivity contribution in [3.8, 4) is 0 Å². The van der Waals surface area contributed by atoms with Gasteiger partial charge in [0.15, 0.2) is 5.96 Å². The van der Waals surface area contributed by atoms with Crippen molar-refractivity contribution in [2.24, 2.45) is 4.99 Å². The van der Waals surface area contributed by atoms with Crippen LogP contribution in [-0.2, 0) is 4.74 Å². The van der Waals surface area contributed by atoms with Gasteiger partial charge in [-0.05, 0) is 37.0 Å². The number of rotatable bonds is 7. The summed E-state index contributed by atoms with van der Waals surface area (Å²) in [6, 6.07) is 4.72. The zero-order valence-electron chi connectivity index (χ0n) is 15.1. The van der Waals surface area contributed by atoms with Crippen molar-refractivity contribution < 1.29 is 4.74 Å². The van der Waals surface area contributed by atoms with Gasteiger partial charge < -0.3 is 15.4 Å². The molecule has 0 saturated carbocycles. The Bertz CT molecular complexity index is 511. The topological polar surface area (TPSA) is 48.9 Å². The van der Waals surface area contributed by atoms with Gasteiger partial charge in [0.25, 0.3) is 0 Å². The number of thioether (sulfide) groups is 1. The van der Waals surface area contributed by atoms with E-state index in [-0.39, 0.29) is 0 Å². The second-order valence-electron chi connectivity index (χ2n) is 6.42. The molecule has 2 aliphatic heterocycles. The van der Waals surface area contributed by atoms with E-state index in [1.165, 1.54) is 23.5 Å². The maximum absolute atomic E-state index is 5.53. The van der Waals surface area contributed by atoms with Crippen LogP contribution in [0.3, 0.4) is 0 Å². The Morgan fingerprint density at radius 1 is 1.40 bits per heavy atom. The van der Waals surface area contributed by atoms with Crippen molar-refractivity contribution >= 4 is 29.1 Å². The molecule has 0 radical (unpaired) electrons. The molecule has 0 aliphatic carbocycles. The minimum absolute atomic E-state index is 0.347. The third kappa shape index (κ3) is 5.88. The van der Waals surface area contributed by atoms with Crippen LogP contribution in [0.2, 0.25) is 0 Å². The highest BCUT2D eigenvalue weighted by Gasteiger charge is 2.23. The zero-order chi connectivity index (χ0) is 17.3. The average Bonchev–Trinajstić information content (AvgIpc) is 3.35. The minimum atomic E-state index is 0.347. The first-order chi connectivity index (χ1) is 12.4. The predicted octanol–water partition coefficient (Wildman–Crippen LogP) is 2.57. The summed E-state index contributed by atoms with van der Waals surface area (Å²) in [5.74, 6) is 2.25. The normalized spacial score (nSPS) is 23.6. The van der Waals surface area contributed by atoms with Gasteiger partial charge >= 0.3 is 0 Å². The molecule has 3 rings (SSSR count). The molecule has 25 heavy (non-hydrogen) atoms. The van der Waals surface area contributed by atoms with Crippen LogP contribution in [0.5, 0.6) is 0 Å². The van der Waals surface area contributed by atoms with Gasteiger partial charge in [-0.2, -0.15) is 11.8 Å². The van der Waals surface area contributed by atoms with E-state index < -0.39 is 0 Å². The van der Waals surface area contributed by atoms with Gasteiger partial charge in [-0.3, -0.25) is 9.89 Å². The van der Waals surface area contributed by atoms with Gasteiger partial charge in [-0.25, -0.2) is 0 Å². The second-order valence-corrected chi connectivity index (χ2v) is 8.80. The summed E-state index contributed by atoms with van der Waals surface area (Å²) < 4.78 is 5.53. The molecular formula is C18H30N4OS2. The lowest BCUT2D eigenvalue weighted by Crippen LogP contribution is -2.42. The molecular weight excluding hydrogens is 352 g/mol. The fourth-order valence-corrected chi connectivity index (χ4v) is 5.34. The number of aliphatic imine (C=N–C) groups is 1. The van der Waals surface area contributed by atoms with Gasteiger partial charge in [0.1, 0.15) is 0 Å². The van der Waals surface area contributed by atoms with E-state index in [2.05, 4.69) is 51.7 Å². The number of hydrogen-bond acceptors (Lipinski definition) is 5. The van der Waals surface area contributed by atoms with E-state index in [0.29, 0.717) is 6.04 Å². The van der Waals surface area contributed by atoms with Crippen LogP contribution in [0.1, 0.15) is 30.7 Å². The van der Waals surface area contributed by atoms with Crippen molar-refractivity contribution in [1.29, 1.82) is 0 Å². The average molecular weight is 383 g/mol. The monoisotopic (exact) mass is 382 g/mol. The molecule has 2 unspecified atom stereocenters. The van der Waals surface area contributed by atoms with Crippen molar-refractivity contribution in [3.05, 3.63) is 22.4 Å². The van der Waals surface area contributed by atoms with Crippen LogP contribution in [0.25, 0.3) is 0 Å². The molecule has 2 atom stereocenters. The summed E-state index contributed by atoms with van der Waals surface area (Å²) in [5.41, 5.74) is 0. The molecule has 7 heteroatoms. The van der Waals surface area contributed by atoms with Gasteiger partial charge in [0, 0.05) is 36.3 Å². The van der Waals surface area contributed by atoms with Crippen LogP contribution in [0.4, 0.5) is 0 Å². The Labute approximate surface area is 159 Å². The maximum atomic E-state index is 5.53. The highest BCUT2D eigenvalue weighted by molar-refractivity contribution is 8.00. The van der Waals surface area contributed by atoms with Crippen molar-refractivity contribution in [2.45, 2.75) is 31.1 Å². The summed E-state index contributed by atoms with van der Waals surface area (Å²) >= 11 is 3.91. The zero-order valence-corrected chi connectivity index (χ0v) is 16.7. The minimum Gasteiger partial charge on any atom is -0.379 e. The third-order valence-electron chi connectivity index (χ3n) is 4.65. The predicted molar refractivity (Wildman–Crippen MR) is 109 cm³/mol. The highest BCUT2D eigenvalue weighted by atomic mass is 32.2. The number of guanidine groups is 1. The summed E-state index contributed by atoms with van der Waals surface area (Å²) in [7, 11) is 0. The highest BCUT2D eigenvalue weighted by Crippen LogP contribution is 2.27. The Morgan fingerprint density at radius 2 is 2.28 bits per heavy atom. The van der Waals surface area contributed by atoms with E-state index in [4.69, 9.17) is 9.73 Å². The molecule has 0 bridgehead atoms. The summed E-state index contributed by atoms with van der Waals surface area (Å²) in [5, 5.41) is 9.84. The van der Waals surface area contributed by atoms with E-state index in [1.54, 1.807) is 0 Å². The van der Waals surface area contributed by atoms with Crippen molar-refractivity contribution in [3.63, 3.8) is 0 Å². The van der Waals surface area contributed by atoms with Gasteiger partial charge in [-0.15, -0.1) is 11.3 Å². The Morgan fingerprint density at radius 3 is 2.96 bits per heavy atom.